The molecule has 1 rings (SSSR count). The van der Waals surface area contributed by atoms with E-state index in [1.807, 2.05) is 20.8 Å². The van der Waals surface area contributed by atoms with Crippen molar-refractivity contribution in [2.24, 2.45) is 0 Å². The van der Waals surface area contributed by atoms with Crippen LogP contribution in [0.3, 0.4) is 0 Å². The molecule has 0 unspecified atom stereocenters. The Labute approximate surface area is 109 Å². The number of aromatic nitrogens is 1. The first-order chi connectivity index (χ1) is 7.92. The fraction of sp³-hybridized carbons (Fsp3) is 0.333. The number of pyridine rings is 1. The minimum Gasteiger partial charge on any atom is -0.444 e. The average molecular weight is 299 g/mol. The molecule has 0 aliphatic heterocycles. The molecule has 5 heteroatoms. The third-order valence-electron chi connectivity index (χ3n) is 1.70. The molecule has 0 spiro atoms. The molecule has 1 amide bonds. The number of carbonyl (C=O) groups excluding carboxylic acids is 1. The van der Waals surface area contributed by atoms with Gasteiger partial charge in [-0.3, -0.25) is 10.3 Å². The maximum absolute atomic E-state index is 11.6. The predicted octanol–water partition coefficient (Wildman–Crippen LogP) is 3.79. The Morgan fingerprint density at radius 2 is 2.24 bits per heavy atom. The van der Waals surface area contributed by atoms with E-state index in [4.69, 9.17) is 4.74 Å². The second kappa shape index (κ2) is 5.82. The van der Waals surface area contributed by atoms with Crippen molar-refractivity contribution in [2.75, 3.05) is 5.32 Å². The fourth-order valence-corrected chi connectivity index (χ4v) is 1.38. The van der Waals surface area contributed by atoms with E-state index in [1.54, 1.807) is 29.4 Å². The molecule has 1 heterocycles. The highest BCUT2D eigenvalue weighted by Crippen LogP contribution is 2.16. The van der Waals surface area contributed by atoms with Crippen LogP contribution >= 0.6 is 15.9 Å². The number of carbonyl (C=O) groups is 1. The maximum atomic E-state index is 11.6. The lowest BCUT2D eigenvalue weighted by molar-refractivity contribution is 0.0636. The zero-order valence-electron chi connectivity index (χ0n) is 10.0. The van der Waals surface area contributed by atoms with Gasteiger partial charge < -0.3 is 4.74 Å². The third kappa shape index (κ3) is 4.99. The summed E-state index contributed by atoms with van der Waals surface area (Å²) in [6, 6.07) is 3.51. The summed E-state index contributed by atoms with van der Waals surface area (Å²) in [6.07, 6.45) is 2.91. The standard InChI is InChI=1S/C12H15BrN2O2/c1-12(2,3)17-11(16)15-10-5-4-8-14-9(10)6-7-13/h4-8H,1-3H3,(H,15,16)/b7-6+. The van der Waals surface area contributed by atoms with Crippen LogP contribution in [-0.2, 0) is 4.74 Å². The molecule has 0 bridgehead atoms. The van der Waals surface area contributed by atoms with Crippen molar-refractivity contribution in [3.05, 3.63) is 29.0 Å². The third-order valence-corrected chi connectivity index (χ3v) is 1.96. The van der Waals surface area contributed by atoms with Gasteiger partial charge in [-0.25, -0.2) is 4.79 Å². The first-order valence-corrected chi connectivity index (χ1v) is 6.06. The molecule has 1 N–H and O–H groups in total. The van der Waals surface area contributed by atoms with Crippen LogP contribution in [-0.4, -0.2) is 16.7 Å². The minimum atomic E-state index is -0.516. The molecule has 0 aromatic carbocycles. The molecule has 0 fully saturated rings. The Morgan fingerprint density at radius 3 is 2.82 bits per heavy atom. The summed E-state index contributed by atoms with van der Waals surface area (Å²) >= 11 is 3.17. The smallest absolute Gasteiger partial charge is 0.412 e. The number of hydrogen-bond donors (Lipinski definition) is 1. The largest absolute Gasteiger partial charge is 0.444 e. The molecule has 0 saturated carbocycles. The maximum Gasteiger partial charge on any atom is 0.412 e. The summed E-state index contributed by atoms with van der Waals surface area (Å²) in [5.74, 6) is 0. The highest BCUT2D eigenvalue weighted by molar-refractivity contribution is 9.11. The Kier molecular flexibility index (Phi) is 4.69. The normalized spacial score (nSPS) is 11.5. The van der Waals surface area contributed by atoms with Crippen molar-refractivity contribution in [3.63, 3.8) is 0 Å². The first kappa shape index (κ1) is 13.7. The van der Waals surface area contributed by atoms with Crippen LogP contribution in [0.25, 0.3) is 6.08 Å². The van der Waals surface area contributed by atoms with E-state index in [9.17, 15) is 4.79 Å². The molecule has 92 valence electrons. The lowest BCUT2D eigenvalue weighted by Crippen LogP contribution is -2.27. The van der Waals surface area contributed by atoms with Crippen molar-refractivity contribution in [1.29, 1.82) is 0 Å². The SMILES string of the molecule is CC(C)(C)OC(=O)Nc1cccnc1/C=C/Br. The molecular weight excluding hydrogens is 284 g/mol. The number of nitrogens with zero attached hydrogens (tertiary/aromatic N) is 1. The second-order valence-electron chi connectivity index (χ2n) is 4.36. The lowest BCUT2D eigenvalue weighted by atomic mass is 10.2. The second-order valence-corrected chi connectivity index (χ2v) is 4.88. The molecule has 17 heavy (non-hydrogen) atoms. The van der Waals surface area contributed by atoms with Crippen LogP contribution in [0.1, 0.15) is 26.5 Å². The summed E-state index contributed by atoms with van der Waals surface area (Å²) in [5, 5.41) is 2.66. The van der Waals surface area contributed by atoms with Gasteiger partial charge in [-0.05, 0) is 44.0 Å². The van der Waals surface area contributed by atoms with Gasteiger partial charge in [0, 0.05) is 6.20 Å². The molecule has 1 aromatic heterocycles. The summed E-state index contributed by atoms with van der Waals surface area (Å²) in [7, 11) is 0. The summed E-state index contributed by atoms with van der Waals surface area (Å²) in [5.41, 5.74) is 0.755. The van der Waals surface area contributed by atoms with Crippen molar-refractivity contribution in [3.8, 4) is 0 Å². The van der Waals surface area contributed by atoms with Gasteiger partial charge in [0.15, 0.2) is 0 Å². The summed E-state index contributed by atoms with van der Waals surface area (Å²) in [4.78, 5) is 17.4. The Hall–Kier alpha value is -1.36. The molecular formula is C12H15BrN2O2. The van der Waals surface area contributed by atoms with Gasteiger partial charge in [-0.1, -0.05) is 15.9 Å². The number of amides is 1. The van der Waals surface area contributed by atoms with Crippen LogP contribution in [0.15, 0.2) is 23.3 Å². The highest BCUT2D eigenvalue weighted by atomic mass is 79.9. The van der Waals surface area contributed by atoms with E-state index in [0.29, 0.717) is 11.4 Å². The van der Waals surface area contributed by atoms with Crippen LogP contribution in [0.2, 0.25) is 0 Å². The molecule has 0 aliphatic carbocycles. The Balaban J connectivity index is 2.78. The number of halogens is 1. The number of hydrogen-bond acceptors (Lipinski definition) is 3. The van der Waals surface area contributed by atoms with E-state index in [1.165, 1.54) is 0 Å². The van der Waals surface area contributed by atoms with Crippen LogP contribution in [0.4, 0.5) is 10.5 Å². The Morgan fingerprint density at radius 1 is 1.53 bits per heavy atom. The number of rotatable bonds is 2. The fourth-order valence-electron chi connectivity index (χ4n) is 1.13. The molecule has 0 aliphatic rings. The highest BCUT2D eigenvalue weighted by Gasteiger charge is 2.16. The van der Waals surface area contributed by atoms with Gasteiger partial charge in [-0.15, -0.1) is 0 Å². The number of nitrogens with one attached hydrogen (secondary N) is 1. The minimum absolute atomic E-state index is 0.491. The summed E-state index contributed by atoms with van der Waals surface area (Å²) < 4.78 is 5.16. The van der Waals surface area contributed by atoms with Gasteiger partial charge in [-0.2, -0.15) is 0 Å². The van der Waals surface area contributed by atoms with E-state index in [2.05, 4.69) is 26.2 Å². The topological polar surface area (TPSA) is 51.2 Å². The van der Waals surface area contributed by atoms with Gasteiger partial charge in [0.2, 0.25) is 0 Å². The average Bonchev–Trinajstić information content (AvgIpc) is 2.18. The Bertz CT molecular complexity index is 425. The van der Waals surface area contributed by atoms with Crippen LogP contribution in [0.5, 0.6) is 0 Å². The number of anilines is 1. The van der Waals surface area contributed by atoms with Crippen molar-refractivity contribution >= 4 is 33.8 Å². The zero-order valence-corrected chi connectivity index (χ0v) is 11.6. The molecule has 0 atom stereocenters. The monoisotopic (exact) mass is 298 g/mol. The predicted molar refractivity (Wildman–Crippen MR) is 72.1 cm³/mol. The van der Waals surface area contributed by atoms with Gasteiger partial charge in [0.1, 0.15) is 5.60 Å². The van der Waals surface area contributed by atoms with Crippen LogP contribution < -0.4 is 5.32 Å². The van der Waals surface area contributed by atoms with E-state index >= 15 is 0 Å². The van der Waals surface area contributed by atoms with Crippen molar-refractivity contribution < 1.29 is 9.53 Å². The zero-order chi connectivity index (χ0) is 12.9. The van der Waals surface area contributed by atoms with Gasteiger partial charge in [0.25, 0.3) is 0 Å². The summed E-state index contributed by atoms with van der Waals surface area (Å²) in [6.45, 7) is 5.44. The first-order valence-electron chi connectivity index (χ1n) is 5.14. The molecule has 1 aromatic rings. The van der Waals surface area contributed by atoms with Crippen molar-refractivity contribution in [1.82, 2.24) is 4.98 Å². The van der Waals surface area contributed by atoms with E-state index in [0.717, 1.165) is 0 Å². The molecule has 0 radical (unpaired) electrons. The molecule has 4 nitrogen and oxygen atoms in total. The van der Waals surface area contributed by atoms with Gasteiger partial charge in [0.05, 0.1) is 11.4 Å². The molecule has 0 saturated heterocycles. The quantitative estimate of drug-likeness (QED) is 0.903. The van der Waals surface area contributed by atoms with E-state index in [-0.39, 0.29) is 0 Å². The lowest BCUT2D eigenvalue weighted by Gasteiger charge is -2.20. The van der Waals surface area contributed by atoms with Crippen LogP contribution in [0, 0.1) is 0 Å². The van der Waals surface area contributed by atoms with Crippen molar-refractivity contribution in [2.45, 2.75) is 26.4 Å². The number of ether oxygens (including phenoxy) is 1. The van der Waals surface area contributed by atoms with E-state index < -0.39 is 11.7 Å². The van der Waals surface area contributed by atoms with Gasteiger partial charge >= 0.3 is 6.09 Å².